The minimum Gasteiger partial charge on any atom is -0.335 e. The molecule has 2 heterocycles. The van der Waals surface area contributed by atoms with Crippen molar-refractivity contribution < 1.29 is 26.7 Å². The third-order valence-corrected chi connectivity index (χ3v) is 9.74. The number of nitrogens with zero attached hydrogens (tertiary/aromatic N) is 4. The van der Waals surface area contributed by atoms with Gasteiger partial charge < -0.3 is 14.0 Å². The highest BCUT2D eigenvalue weighted by molar-refractivity contribution is 7.98. The van der Waals surface area contributed by atoms with E-state index in [2.05, 4.69) is 4.98 Å². The average Bonchev–Trinajstić information content (AvgIpc) is 3.44. The van der Waals surface area contributed by atoms with Gasteiger partial charge in [0.05, 0.1) is 16.1 Å². The number of carbonyl (C=O) groups is 1. The third-order valence-electron chi connectivity index (χ3n) is 8.46. The number of carbonyl (C=O) groups excluding carboxylic acids is 1. The maximum atomic E-state index is 14.5. The van der Waals surface area contributed by atoms with Crippen LogP contribution >= 0.6 is 23.4 Å². The number of hydrogen-bond donors (Lipinski definition) is 0. The first kappa shape index (κ1) is 35.9. The summed E-state index contributed by atoms with van der Waals surface area (Å²) >= 11 is 7.23. The second kappa shape index (κ2) is 15.1. The van der Waals surface area contributed by atoms with E-state index in [1.807, 2.05) is 16.7 Å². The fraction of sp³-hybridized carbons (Fsp3) is 0.184. The molecule has 6 nitrogen and oxygen atoms in total. The predicted molar refractivity (Wildman–Crippen MR) is 188 cm³/mol. The molecule has 6 rings (SSSR count). The second-order valence-electron chi connectivity index (χ2n) is 11.8. The zero-order chi connectivity index (χ0) is 36.3. The lowest BCUT2D eigenvalue weighted by Crippen LogP contribution is -2.36. The molecule has 0 atom stereocenters. The van der Waals surface area contributed by atoms with Crippen molar-refractivity contribution in [3.8, 4) is 11.1 Å². The fourth-order valence-corrected chi connectivity index (χ4v) is 7.00. The number of thioether (sulfide) groups is 1. The van der Waals surface area contributed by atoms with E-state index < -0.39 is 23.4 Å². The Kier molecular flexibility index (Phi) is 10.6. The van der Waals surface area contributed by atoms with Crippen LogP contribution in [-0.4, -0.2) is 31.5 Å². The largest absolute Gasteiger partial charge is 0.416 e. The van der Waals surface area contributed by atoms with Crippen LogP contribution in [-0.2, 0) is 36.4 Å². The Balaban J connectivity index is 1.29. The first-order valence-electron chi connectivity index (χ1n) is 15.8. The molecule has 0 bridgehead atoms. The average molecular weight is 737 g/mol. The van der Waals surface area contributed by atoms with Gasteiger partial charge in [0.1, 0.15) is 17.5 Å². The molecule has 0 saturated heterocycles. The maximum absolute atomic E-state index is 14.5. The van der Waals surface area contributed by atoms with Crippen molar-refractivity contribution in [1.82, 2.24) is 19.0 Å². The van der Waals surface area contributed by atoms with Gasteiger partial charge in [0.25, 0.3) is 0 Å². The Hall–Kier alpha value is -4.94. The number of alkyl halides is 3. The monoisotopic (exact) mass is 736 g/mol. The summed E-state index contributed by atoms with van der Waals surface area (Å²) in [5, 5.41) is 1.13. The maximum Gasteiger partial charge on any atom is 0.416 e. The molecular formula is C38H30ClF5N4O2S. The molecule has 1 amide bonds. The van der Waals surface area contributed by atoms with Crippen molar-refractivity contribution in [1.29, 1.82) is 0 Å². The smallest absolute Gasteiger partial charge is 0.335 e. The van der Waals surface area contributed by atoms with Crippen LogP contribution < -0.4 is 5.43 Å². The number of pyridine rings is 1. The number of hydrogen-bond acceptors (Lipinski definition) is 4. The first-order valence-corrected chi connectivity index (χ1v) is 17.2. The fourth-order valence-electron chi connectivity index (χ4n) is 5.72. The number of para-hydroxylation sites is 1. The van der Waals surface area contributed by atoms with E-state index in [-0.39, 0.29) is 42.3 Å². The van der Waals surface area contributed by atoms with Gasteiger partial charge in [0.2, 0.25) is 5.91 Å². The van der Waals surface area contributed by atoms with Gasteiger partial charge in [-0.15, -0.1) is 11.8 Å². The van der Waals surface area contributed by atoms with Crippen molar-refractivity contribution in [2.24, 2.45) is 0 Å². The zero-order valence-corrected chi connectivity index (χ0v) is 28.7. The minimum absolute atomic E-state index is 0.0191. The Labute approximate surface area is 299 Å². The summed E-state index contributed by atoms with van der Waals surface area (Å²) in [6, 6.07) is 24.3. The molecule has 4 aromatic carbocycles. The van der Waals surface area contributed by atoms with Crippen LogP contribution in [0.1, 0.15) is 22.5 Å². The Bertz CT molecular complexity index is 2250. The Morgan fingerprint density at radius 1 is 0.922 bits per heavy atom. The summed E-state index contributed by atoms with van der Waals surface area (Å²) in [7, 11) is 0. The van der Waals surface area contributed by atoms with E-state index in [0.717, 1.165) is 35.5 Å². The molecule has 6 aromatic rings. The van der Waals surface area contributed by atoms with Gasteiger partial charge in [0.15, 0.2) is 17.1 Å². The number of aryl methyl sites for hydroxylation is 1. The summed E-state index contributed by atoms with van der Waals surface area (Å²) < 4.78 is 71.2. The highest BCUT2D eigenvalue weighted by Gasteiger charge is 2.30. The number of halogens is 6. The molecule has 13 heteroatoms. The van der Waals surface area contributed by atoms with Gasteiger partial charge in [-0.1, -0.05) is 72.3 Å². The molecule has 0 N–H and O–H groups in total. The van der Waals surface area contributed by atoms with Crippen molar-refractivity contribution >= 4 is 40.2 Å². The van der Waals surface area contributed by atoms with Crippen molar-refractivity contribution in [3.05, 3.63) is 153 Å². The van der Waals surface area contributed by atoms with E-state index in [1.165, 1.54) is 30.3 Å². The summed E-state index contributed by atoms with van der Waals surface area (Å²) in [5.41, 5.74) is 1.74. The van der Waals surface area contributed by atoms with Crippen LogP contribution in [0.3, 0.4) is 0 Å². The topological polar surface area (TPSA) is 60.1 Å². The standard InChI is InChI=1S/C38H30ClF5N4O2S/c1-24-45-34(39)21-46(24)17-18-47(20-25-9-11-26(12-10-25)27-13-15-29(16-14-27)38(42,43)44)35(50)22-48-32-8-3-2-6-30(32)33(49)19-36(48)51-23-28-5-4-7-31(40)37(28)41/h2-16,19,21H,17-18,20,22-23H2,1H3. The number of benzene rings is 4. The predicted octanol–water partition coefficient (Wildman–Crippen LogP) is 9.15. The molecule has 51 heavy (non-hydrogen) atoms. The molecule has 0 aliphatic carbocycles. The van der Waals surface area contributed by atoms with Crippen LogP contribution in [0.15, 0.2) is 113 Å². The highest BCUT2D eigenvalue weighted by atomic mass is 35.5. The van der Waals surface area contributed by atoms with Gasteiger partial charge >= 0.3 is 6.18 Å². The molecule has 0 unspecified atom stereocenters. The van der Waals surface area contributed by atoms with E-state index in [4.69, 9.17) is 11.6 Å². The number of amides is 1. The summed E-state index contributed by atoms with van der Waals surface area (Å²) in [4.78, 5) is 33.2. The Morgan fingerprint density at radius 2 is 1.61 bits per heavy atom. The molecule has 0 spiro atoms. The quantitative estimate of drug-likeness (QED) is 0.0984. The number of aromatic nitrogens is 3. The summed E-state index contributed by atoms with van der Waals surface area (Å²) in [5.74, 6) is -1.54. The van der Waals surface area contributed by atoms with Crippen molar-refractivity contribution in [3.63, 3.8) is 0 Å². The van der Waals surface area contributed by atoms with Crippen molar-refractivity contribution in [2.75, 3.05) is 6.54 Å². The van der Waals surface area contributed by atoms with Gasteiger partial charge in [-0.2, -0.15) is 13.2 Å². The van der Waals surface area contributed by atoms with Crippen molar-refractivity contribution in [2.45, 2.75) is 43.5 Å². The second-order valence-corrected chi connectivity index (χ2v) is 13.2. The highest BCUT2D eigenvalue weighted by Crippen LogP contribution is 2.31. The van der Waals surface area contributed by atoms with Crippen LogP contribution in [0.25, 0.3) is 22.0 Å². The SMILES string of the molecule is Cc1nc(Cl)cn1CCN(Cc1ccc(-c2ccc(C(F)(F)F)cc2)cc1)C(=O)Cn1c(SCc2cccc(F)c2F)cc(=O)c2ccccc21. The number of fused-ring (bicyclic) bond motifs is 1. The molecular weight excluding hydrogens is 707 g/mol. The third kappa shape index (κ3) is 8.34. The van der Waals surface area contributed by atoms with Gasteiger partial charge in [-0.25, -0.2) is 13.8 Å². The van der Waals surface area contributed by atoms with E-state index >= 15 is 0 Å². The molecule has 0 radical (unpaired) electrons. The van der Waals surface area contributed by atoms with Crippen LogP contribution in [0, 0.1) is 18.6 Å². The lowest BCUT2D eigenvalue weighted by molar-refractivity contribution is -0.137. The Morgan fingerprint density at radius 3 is 2.27 bits per heavy atom. The molecule has 0 saturated carbocycles. The lowest BCUT2D eigenvalue weighted by atomic mass is 10.0. The molecule has 262 valence electrons. The van der Waals surface area contributed by atoms with Gasteiger partial charge in [-0.3, -0.25) is 9.59 Å². The lowest BCUT2D eigenvalue weighted by Gasteiger charge is -2.25. The molecule has 0 aliphatic rings. The van der Waals surface area contributed by atoms with Gasteiger partial charge in [-0.05, 0) is 53.9 Å². The number of imidazole rings is 1. The summed E-state index contributed by atoms with van der Waals surface area (Å²) in [6.45, 7) is 2.48. The summed E-state index contributed by atoms with van der Waals surface area (Å²) in [6.07, 6.45) is -2.76. The van der Waals surface area contributed by atoms with E-state index in [0.29, 0.717) is 44.6 Å². The zero-order valence-electron chi connectivity index (χ0n) is 27.1. The van der Waals surface area contributed by atoms with Gasteiger partial charge in [0, 0.05) is 48.6 Å². The normalized spacial score (nSPS) is 11.7. The van der Waals surface area contributed by atoms with E-state index in [1.54, 1.807) is 59.0 Å². The first-order chi connectivity index (χ1) is 24.4. The van der Waals surface area contributed by atoms with E-state index in [9.17, 15) is 31.5 Å². The number of rotatable bonds is 11. The minimum atomic E-state index is -4.43. The van der Waals surface area contributed by atoms with Crippen LogP contribution in [0.5, 0.6) is 0 Å². The molecule has 2 aromatic heterocycles. The molecule has 0 fully saturated rings. The van der Waals surface area contributed by atoms with Crippen LogP contribution in [0.2, 0.25) is 5.15 Å². The van der Waals surface area contributed by atoms with Crippen LogP contribution in [0.4, 0.5) is 22.0 Å². The molecule has 0 aliphatic heterocycles.